The highest BCUT2D eigenvalue weighted by Crippen LogP contribution is 2.41. The van der Waals surface area contributed by atoms with Crippen LogP contribution >= 0.6 is 0 Å². The lowest BCUT2D eigenvalue weighted by atomic mass is 9.95. The maximum atomic E-state index is 11.5. The van der Waals surface area contributed by atoms with Gasteiger partial charge in [-0.3, -0.25) is 0 Å². The van der Waals surface area contributed by atoms with Crippen molar-refractivity contribution in [3.05, 3.63) is 96.1 Å². The van der Waals surface area contributed by atoms with E-state index in [1.807, 2.05) is 6.07 Å². The molecule has 0 radical (unpaired) electrons. The minimum atomic E-state index is 0.322. The summed E-state index contributed by atoms with van der Waals surface area (Å²) >= 11 is 0. The number of phenols is 1. The van der Waals surface area contributed by atoms with E-state index in [4.69, 9.17) is 0 Å². The summed E-state index contributed by atoms with van der Waals surface area (Å²) in [6.07, 6.45) is 0.925. The molecule has 0 amide bonds. The average molecular weight is 377 g/mol. The van der Waals surface area contributed by atoms with Crippen LogP contribution in [0.2, 0.25) is 0 Å². The van der Waals surface area contributed by atoms with Gasteiger partial charge in [0.1, 0.15) is 5.75 Å². The maximum Gasteiger partial charge on any atom is 0.147 e. The predicted octanol–water partition coefficient (Wildman–Crippen LogP) is 7.03. The molecule has 1 heterocycles. The largest absolute Gasteiger partial charge is 0.505 e. The fourth-order valence-electron chi connectivity index (χ4n) is 4.41. The summed E-state index contributed by atoms with van der Waals surface area (Å²) in [5, 5.41) is 13.8. The normalized spacial score (nSPS) is 11.4. The smallest absolute Gasteiger partial charge is 0.147 e. The van der Waals surface area contributed by atoms with E-state index in [2.05, 4.69) is 97.3 Å². The quantitative estimate of drug-likeness (QED) is 0.359. The van der Waals surface area contributed by atoms with E-state index >= 15 is 0 Å². The monoisotopic (exact) mass is 377 g/mol. The first-order valence-corrected chi connectivity index (χ1v) is 10.1. The number of nitrogens with zero attached hydrogens (tertiary/aromatic N) is 1. The van der Waals surface area contributed by atoms with Crippen molar-refractivity contribution in [1.29, 1.82) is 0 Å². The molecule has 0 saturated heterocycles. The Labute approximate surface area is 170 Å². The van der Waals surface area contributed by atoms with Gasteiger partial charge in [0.05, 0.1) is 16.7 Å². The number of aromatic hydroxyl groups is 1. The number of fused-ring (bicyclic) bond motifs is 3. The molecular weight excluding hydrogens is 354 g/mol. The summed E-state index contributed by atoms with van der Waals surface area (Å²) in [6.45, 7) is 4.24. The number of benzene rings is 4. The molecule has 1 aromatic heterocycles. The third-order valence-electron chi connectivity index (χ3n) is 5.74. The number of aryl methyl sites for hydroxylation is 2. The summed E-state index contributed by atoms with van der Waals surface area (Å²) < 4.78 is 2.19. The van der Waals surface area contributed by atoms with Crippen LogP contribution in [0.5, 0.6) is 5.75 Å². The number of phenolic OH excluding ortho intramolecular Hbond substituents is 1. The summed E-state index contributed by atoms with van der Waals surface area (Å²) in [7, 11) is 0. The number of hydrogen-bond acceptors (Lipinski definition) is 1. The van der Waals surface area contributed by atoms with Crippen molar-refractivity contribution in [1.82, 2.24) is 4.57 Å². The Hall–Kier alpha value is -3.52. The Balaban J connectivity index is 1.88. The first-order chi connectivity index (χ1) is 14.2. The average Bonchev–Trinajstić information content (AvgIpc) is 3.09. The van der Waals surface area contributed by atoms with Crippen molar-refractivity contribution in [2.24, 2.45) is 0 Å². The van der Waals surface area contributed by atoms with Crippen molar-refractivity contribution in [2.45, 2.75) is 20.3 Å². The van der Waals surface area contributed by atoms with E-state index in [0.717, 1.165) is 39.8 Å². The van der Waals surface area contributed by atoms with Crippen LogP contribution in [-0.4, -0.2) is 9.67 Å². The molecule has 0 bridgehead atoms. The lowest BCUT2D eigenvalue weighted by Gasteiger charge is -2.16. The van der Waals surface area contributed by atoms with Crippen LogP contribution in [0.3, 0.4) is 0 Å². The van der Waals surface area contributed by atoms with Crippen LogP contribution in [0.25, 0.3) is 38.6 Å². The van der Waals surface area contributed by atoms with Gasteiger partial charge in [-0.1, -0.05) is 67.6 Å². The van der Waals surface area contributed by atoms with E-state index in [-0.39, 0.29) is 0 Å². The van der Waals surface area contributed by atoms with Crippen LogP contribution in [0.1, 0.15) is 18.1 Å². The highest BCUT2D eigenvalue weighted by atomic mass is 16.3. The summed E-state index contributed by atoms with van der Waals surface area (Å²) in [4.78, 5) is 0. The molecule has 2 nitrogen and oxygen atoms in total. The zero-order valence-corrected chi connectivity index (χ0v) is 16.7. The molecular formula is C27H23NO. The van der Waals surface area contributed by atoms with Crippen molar-refractivity contribution in [3.63, 3.8) is 0 Å². The Kier molecular flexibility index (Phi) is 4.13. The fraction of sp³-hybridized carbons (Fsp3) is 0.111. The van der Waals surface area contributed by atoms with Gasteiger partial charge in [0.2, 0.25) is 0 Å². The molecule has 0 saturated carbocycles. The Morgan fingerprint density at radius 2 is 1.31 bits per heavy atom. The van der Waals surface area contributed by atoms with Crippen LogP contribution in [0.15, 0.2) is 84.9 Å². The van der Waals surface area contributed by atoms with Crippen LogP contribution in [-0.2, 0) is 6.42 Å². The fourth-order valence-corrected chi connectivity index (χ4v) is 4.41. The van der Waals surface area contributed by atoms with Crippen molar-refractivity contribution in [2.75, 3.05) is 0 Å². The second-order valence-electron chi connectivity index (χ2n) is 7.56. The zero-order valence-electron chi connectivity index (χ0n) is 16.7. The highest BCUT2D eigenvalue weighted by molar-refractivity contribution is 6.09. The predicted molar refractivity (Wildman–Crippen MR) is 122 cm³/mol. The van der Waals surface area contributed by atoms with Gasteiger partial charge < -0.3 is 9.67 Å². The third kappa shape index (κ3) is 2.72. The Morgan fingerprint density at radius 3 is 1.97 bits per heavy atom. The topological polar surface area (TPSA) is 25.2 Å². The second-order valence-corrected chi connectivity index (χ2v) is 7.56. The van der Waals surface area contributed by atoms with Crippen molar-refractivity contribution in [3.8, 4) is 22.6 Å². The van der Waals surface area contributed by atoms with E-state index < -0.39 is 0 Å². The molecule has 0 spiro atoms. The molecule has 0 aliphatic carbocycles. The molecule has 142 valence electrons. The molecule has 4 aromatic carbocycles. The standard InChI is InChI=1S/C27H23NO/c1-3-19-10-4-5-11-20(19)23-16-18(2)17-26(27(23)29)28-24-14-8-6-12-21(24)22-13-7-9-15-25(22)28/h4-17,29H,3H2,1-2H3. The van der Waals surface area contributed by atoms with Gasteiger partial charge >= 0.3 is 0 Å². The van der Waals surface area contributed by atoms with Gasteiger partial charge in [-0.25, -0.2) is 0 Å². The van der Waals surface area contributed by atoms with Gasteiger partial charge in [-0.2, -0.15) is 0 Å². The minimum Gasteiger partial charge on any atom is -0.505 e. The molecule has 5 rings (SSSR count). The Morgan fingerprint density at radius 1 is 0.724 bits per heavy atom. The molecule has 0 aliphatic heterocycles. The van der Waals surface area contributed by atoms with Crippen molar-refractivity contribution < 1.29 is 5.11 Å². The maximum absolute atomic E-state index is 11.5. The molecule has 0 unspecified atom stereocenters. The highest BCUT2D eigenvalue weighted by Gasteiger charge is 2.18. The molecule has 0 fully saturated rings. The van der Waals surface area contributed by atoms with Crippen molar-refractivity contribution >= 4 is 21.8 Å². The SMILES string of the molecule is CCc1ccccc1-c1cc(C)cc(-n2c3ccccc3c3ccccc32)c1O. The third-order valence-corrected chi connectivity index (χ3v) is 5.74. The van der Waals surface area contributed by atoms with E-state index in [1.165, 1.54) is 16.3 Å². The number of rotatable bonds is 3. The van der Waals surface area contributed by atoms with Crippen LogP contribution < -0.4 is 0 Å². The van der Waals surface area contributed by atoms with Crippen LogP contribution in [0.4, 0.5) is 0 Å². The van der Waals surface area contributed by atoms with E-state index in [1.54, 1.807) is 0 Å². The summed E-state index contributed by atoms with van der Waals surface area (Å²) in [6, 6.07) is 29.3. The van der Waals surface area contributed by atoms with Crippen LogP contribution in [0, 0.1) is 6.92 Å². The van der Waals surface area contributed by atoms with Gasteiger partial charge in [-0.05, 0) is 54.3 Å². The Bertz CT molecular complexity index is 1310. The number of aromatic nitrogens is 1. The molecule has 2 heteroatoms. The lowest BCUT2D eigenvalue weighted by Crippen LogP contribution is -1.98. The first-order valence-electron chi connectivity index (χ1n) is 10.1. The molecule has 1 N–H and O–H groups in total. The van der Waals surface area contributed by atoms with Gasteiger partial charge in [-0.15, -0.1) is 0 Å². The molecule has 29 heavy (non-hydrogen) atoms. The molecule has 0 aliphatic rings. The first kappa shape index (κ1) is 17.6. The number of hydrogen-bond donors (Lipinski definition) is 1. The van der Waals surface area contributed by atoms with E-state index in [9.17, 15) is 5.11 Å². The van der Waals surface area contributed by atoms with Gasteiger partial charge in [0, 0.05) is 16.3 Å². The summed E-state index contributed by atoms with van der Waals surface area (Å²) in [5.74, 6) is 0.322. The van der Waals surface area contributed by atoms with Gasteiger partial charge in [0.15, 0.2) is 0 Å². The lowest BCUT2D eigenvalue weighted by molar-refractivity contribution is 0.475. The van der Waals surface area contributed by atoms with E-state index in [0.29, 0.717) is 5.75 Å². The molecule has 0 atom stereocenters. The zero-order chi connectivity index (χ0) is 20.0. The number of para-hydroxylation sites is 2. The van der Waals surface area contributed by atoms with Gasteiger partial charge in [0.25, 0.3) is 0 Å². The summed E-state index contributed by atoms with van der Waals surface area (Å²) in [5.41, 5.74) is 7.37. The second kappa shape index (κ2) is 6.82. The minimum absolute atomic E-state index is 0.322. The molecule has 5 aromatic rings.